The van der Waals surface area contributed by atoms with Crippen molar-refractivity contribution in [3.8, 4) is 0 Å². The Bertz CT molecular complexity index is 2040. The van der Waals surface area contributed by atoms with E-state index in [1.54, 1.807) is 22.3 Å². The zero-order valence-electron chi connectivity index (χ0n) is 37.2. The lowest BCUT2D eigenvalue weighted by Crippen LogP contribution is -2.33. The topological polar surface area (TPSA) is 0 Å². The first kappa shape index (κ1) is 44.9. The number of allylic oxidation sites excluding steroid dienone is 4. The molecule has 0 nitrogen and oxygen atoms in total. The summed E-state index contributed by atoms with van der Waals surface area (Å²) in [6.07, 6.45) is 22.9. The zero-order valence-corrected chi connectivity index (χ0v) is 39.0. The van der Waals surface area contributed by atoms with E-state index >= 15 is 0 Å². The van der Waals surface area contributed by atoms with Crippen LogP contribution in [0.4, 0.5) is 0 Å². The monoisotopic (exact) mass is 848 g/mol. The molecule has 0 unspecified atom stereocenters. The predicted octanol–water partition coefficient (Wildman–Crippen LogP) is 14.0. The van der Waals surface area contributed by atoms with Crippen molar-refractivity contribution >= 4 is 46.4 Å². The van der Waals surface area contributed by atoms with E-state index in [1.807, 2.05) is 0 Å². The quantitative estimate of drug-likeness (QED) is 0.0362. The smallest absolute Gasteiger partial charge is 0.0917 e. The van der Waals surface area contributed by atoms with Gasteiger partial charge in [-0.2, -0.15) is 0 Å². The standard InChI is InChI=1S/C60H66P2/c1-3-5-7-9-11-19-33-51-47-54(50-62(58-41-27-16-28-42-58,59-43-29-17-30-44-59)60-45-31-18-32-46-60)52(34-20-12-10-8-6-4-2)48-53(51)49-61(55-35-21-13-22-36-55,56-37-23-14-24-38-56)57-39-25-15-26-40-57/h3-6,13-18,21-32,35-48H,7-12,19-20,33-34,49-50H2,1-2H3/q+2/b5-3+,6-4+. The molecule has 0 aliphatic rings. The first-order chi connectivity index (χ1) is 30.7. The maximum atomic E-state index is 2.73. The van der Waals surface area contributed by atoms with Crippen LogP contribution in [0, 0.1) is 0 Å². The Morgan fingerprint density at radius 1 is 0.306 bits per heavy atom. The van der Waals surface area contributed by atoms with E-state index < -0.39 is 14.5 Å². The molecule has 7 aromatic rings. The zero-order chi connectivity index (χ0) is 42.7. The second-order valence-corrected chi connectivity index (χ2v) is 23.6. The summed E-state index contributed by atoms with van der Waals surface area (Å²) in [4.78, 5) is 0. The largest absolute Gasteiger partial charge is 0.116 e. The number of benzene rings is 7. The van der Waals surface area contributed by atoms with Gasteiger partial charge in [0.1, 0.15) is 46.4 Å². The van der Waals surface area contributed by atoms with E-state index in [0.717, 1.165) is 38.0 Å². The van der Waals surface area contributed by atoms with Gasteiger partial charge in [-0.15, -0.1) is 0 Å². The van der Waals surface area contributed by atoms with Gasteiger partial charge in [-0.25, -0.2) is 0 Å². The third-order valence-electron chi connectivity index (χ3n) is 12.6. The van der Waals surface area contributed by atoms with Crippen LogP contribution in [0.3, 0.4) is 0 Å². The molecule has 0 aliphatic heterocycles. The van der Waals surface area contributed by atoms with Gasteiger partial charge >= 0.3 is 0 Å². The molecule has 0 saturated carbocycles. The Hall–Kier alpha value is -5.12. The normalized spacial score (nSPS) is 12.0. The molecule has 0 aliphatic carbocycles. The molecule has 7 aromatic carbocycles. The number of hydrogen-bond acceptors (Lipinski definition) is 0. The van der Waals surface area contributed by atoms with Gasteiger partial charge in [0, 0.05) is 0 Å². The molecule has 0 amide bonds. The van der Waals surface area contributed by atoms with Crippen LogP contribution in [0.2, 0.25) is 0 Å². The molecule has 0 saturated heterocycles. The second-order valence-electron chi connectivity index (χ2n) is 16.7. The van der Waals surface area contributed by atoms with Crippen molar-refractivity contribution in [2.24, 2.45) is 0 Å². The van der Waals surface area contributed by atoms with Gasteiger partial charge in [0.15, 0.2) is 0 Å². The fourth-order valence-electron chi connectivity index (χ4n) is 9.44. The van der Waals surface area contributed by atoms with Gasteiger partial charge in [-0.3, -0.25) is 0 Å². The van der Waals surface area contributed by atoms with Crippen LogP contribution in [-0.4, -0.2) is 0 Å². The Morgan fingerprint density at radius 3 is 0.806 bits per heavy atom. The van der Waals surface area contributed by atoms with E-state index in [-0.39, 0.29) is 0 Å². The molecule has 314 valence electrons. The summed E-state index contributed by atoms with van der Waals surface area (Å²) in [6, 6.07) is 74.5. The van der Waals surface area contributed by atoms with Crippen molar-refractivity contribution in [2.75, 3.05) is 0 Å². The average molecular weight is 849 g/mol. The van der Waals surface area contributed by atoms with E-state index in [1.165, 1.54) is 70.4 Å². The minimum Gasteiger partial charge on any atom is -0.0917 e. The van der Waals surface area contributed by atoms with E-state index in [0.29, 0.717) is 0 Å². The third-order valence-corrected chi connectivity index (χ3v) is 21.3. The molecule has 7 rings (SSSR count). The maximum Gasteiger partial charge on any atom is 0.116 e. The van der Waals surface area contributed by atoms with Crippen molar-refractivity contribution in [2.45, 2.75) is 90.4 Å². The lowest BCUT2D eigenvalue weighted by atomic mass is 9.93. The molecule has 0 N–H and O–H groups in total. The van der Waals surface area contributed by atoms with Gasteiger partial charge < -0.3 is 0 Å². The molecular weight excluding hydrogens is 783 g/mol. The van der Waals surface area contributed by atoms with Crippen molar-refractivity contribution < 1.29 is 0 Å². The van der Waals surface area contributed by atoms with Crippen LogP contribution in [0.15, 0.2) is 218 Å². The highest BCUT2D eigenvalue weighted by atomic mass is 31.2. The average Bonchev–Trinajstić information content (AvgIpc) is 3.34. The summed E-state index contributed by atoms with van der Waals surface area (Å²) >= 11 is 0. The number of hydrogen-bond donors (Lipinski definition) is 0. The summed E-state index contributed by atoms with van der Waals surface area (Å²) in [5, 5.41) is 8.70. The molecule has 0 radical (unpaired) electrons. The lowest BCUT2D eigenvalue weighted by Gasteiger charge is -2.31. The van der Waals surface area contributed by atoms with Crippen LogP contribution >= 0.6 is 14.5 Å². The van der Waals surface area contributed by atoms with Gasteiger partial charge in [0.2, 0.25) is 0 Å². The molecular formula is C60H66P2+2. The Morgan fingerprint density at radius 2 is 0.565 bits per heavy atom. The Labute approximate surface area is 375 Å². The fraction of sp³-hybridized carbons (Fsp3) is 0.233. The molecule has 2 heteroatoms. The maximum absolute atomic E-state index is 2.73. The molecule has 62 heavy (non-hydrogen) atoms. The fourth-order valence-corrected chi connectivity index (χ4v) is 18.0. The Balaban J connectivity index is 1.45. The third kappa shape index (κ3) is 10.9. The number of aryl methyl sites for hydroxylation is 2. The number of unbranched alkanes of at least 4 members (excludes halogenated alkanes) is 6. The molecule has 0 fully saturated rings. The minimum absolute atomic E-state index is 1.00. The Kier molecular flexibility index (Phi) is 16.9. The van der Waals surface area contributed by atoms with Gasteiger partial charge in [-0.1, -0.05) is 158 Å². The second kappa shape index (κ2) is 23.4. The van der Waals surface area contributed by atoms with Crippen LogP contribution in [0.1, 0.15) is 87.5 Å². The summed E-state index contributed by atoms with van der Waals surface area (Å²) in [5.74, 6) is 0. The molecule has 0 aromatic heterocycles. The van der Waals surface area contributed by atoms with Crippen LogP contribution < -0.4 is 31.8 Å². The van der Waals surface area contributed by atoms with E-state index in [2.05, 4.69) is 232 Å². The van der Waals surface area contributed by atoms with Gasteiger partial charge in [0.05, 0.1) is 12.3 Å². The first-order valence-corrected chi connectivity index (χ1v) is 27.1. The van der Waals surface area contributed by atoms with Gasteiger partial charge in [-0.05, 0) is 160 Å². The lowest BCUT2D eigenvalue weighted by molar-refractivity contribution is 0.679. The summed E-state index contributed by atoms with van der Waals surface area (Å²) < 4.78 is 0. The van der Waals surface area contributed by atoms with Crippen molar-refractivity contribution in [1.82, 2.24) is 0 Å². The summed E-state index contributed by atoms with van der Waals surface area (Å²) in [6.45, 7) is 4.28. The van der Waals surface area contributed by atoms with Crippen molar-refractivity contribution in [3.63, 3.8) is 0 Å². The SMILES string of the molecule is C/C=C/CCCCCc1cc(C[P+](c2ccccc2)(c2ccccc2)c2ccccc2)c(CCCCC/C=C/C)cc1C[P+](c1ccccc1)(c1ccccc1)c1ccccc1. The van der Waals surface area contributed by atoms with E-state index in [9.17, 15) is 0 Å². The summed E-state index contributed by atoms with van der Waals surface area (Å²) in [5.41, 5.74) is 6.17. The van der Waals surface area contributed by atoms with Crippen LogP contribution in [-0.2, 0) is 25.2 Å². The van der Waals surface area contributed by atoms with Crippen molar-refractivity contribution in [1.29, 1.82) is 0 Å². The highest BCUT2D eigenvalue weighted by Gasteiger charge is 2.48. The minimum atomic E-state index is -2.13. The molecule has 0 heterocycles. The predicted molar refractivity (Wildman–Crippen MR) is 278 cm³/mol. The molecule has 0 spiro atoms. The molecule has 0 bridgehead atoms. The van der Waals surface area contributed by atoms with Crippen LogP contribution in [0.5, 0.6) is 0 Å². The van der Waals surface area contributed by atoms with E-state index in [4.69, 9.17) is 0 Å². The highest BCUT2D eigenvalue weighted by molar-refractivity contribution is 7.95. The first-order valence-electron chi connectivity index (χ1n) is 23.1. The number of rotatable bonds is 22. The highest BCUT2D eigenvalue weighted by Crippen LogP contribution is 2.60. The van der Waals surface area contributed by atoms with Crippen molar-refractivity contribution in [3.05, 3.63) is 241 Å². The van der Waals surface area contributed by atoms with Crippen LogP contribution in [0.25, 0.3) is 0 Å². The summed E-state index contributed by atoms with van der Waals surface area (Å²) in [7, 11) is -4.26. The van der Waals surface area contributed by atoms with Gasteiger partial charge in [0.25, 0.3) is 0 Å². The molecule has 0 atom stereocenters.